The molecule has 0 radical (unpaired) electrons. The molecule has 10 rings (SSSR count). The van der Waals surface area contributed by atoms with Crippen LogP contribution in [0.25, 0.3) is 0 Å². The van der Waals surface area contributed by atoms with E-state index >= 15 is 0 Å². The van der Waals surface area contributed by atoms with Crippen LogP contribution in [0, 0.1) is 0 Å². The Morgan fingerprint density at radius 3 is 1.44 bits per heavy atom. The van der Waals surface area contributed by atoms with Gasteiger partial charge in [0.15, 0.2) is 0 Å². The first-order chi connectivity index (χ1) is 7.56. The molecule has 0 N–H and O–H groups in total. The van der Waals surface area contributed by atoms with Gasteiger partial charge in [0.1, 0.15) is 0 Å². The van der Waals surface area contributed by atoms with Crippen molar-refractivity contribution in [1.29, 1.82) is 0 Å². The van der Waals surface area contributed by atoms with Gasteiger partial charge in [0, 0.05) is 0 Å². The van der Waals surface area contributed by atoms with Crippen molar-refractivity contribution in [3.8, 4) is 0 Å². The first-order valence-corrected chi connectivity index (χ1v) is 19.1. The van der Waals surface area contributed by atoms with Gasteiger partial charge in [-0.2, -0.15) is 0 Å². The fraction of sp³-hybridized carbons (Fsp3) is 1.00. The minimum absolute atomic E-state index is 0.534. The molecule has 88 valence electrons. The summed E-state index contributed by atoms with van der Waals surface area (Å²) in [6, 6.07) is 0. The molecule has 0 amide bonds. The van der Waals surface area contributed by atoms with Gasteiger partial charge in [-0.3, -0.25) is 0 Å². The summed E-state index contributed by atoms with van der Waals surface area (Å²) in [5.74, 6) is 0. The second-order valence-electron chi connectivity index (χ2n) is 10.8. The van der Waals surface area contributed by atoms with Gasteiger partial charge in [0.25, 0.3) is 0 Å². The Hall–Kier alpha value is 1.05. The molecule has 2 heteroatoms. The third-order valence-electron chi connectivity index (χ3n) is 15.8. The summed E-state index contributed by atoms with van der Waals surface area (Å²) in [5.41, 5.74) is 0. The van der Waals surface area contributed by atoms with E-state index in [-0.39, 0.29) is 0 Å². The topological polar surface area (TPSA) is 0 Å². The van der Waals surface area contributed by atoms with Crippen LogP contribution in [-0.2, 0) is 7.72 Å². The predicted molar refractivity (Wildman–Crippen MR) is 64.5 cm³/mol. The summed E-state index contributed by atoms with van der Waals surface area (Å²) in [6.07, 6.45) is 3.25. The van der Waals surface area contributed by atoms with E-state index in [1.54, 1.807) is 52.9 Å². The summed E-state index contributed by atoms with van der Waals surface area (Å²) in [4.78, 5) is 0. The Bertz CT molecular complexity index is 829. The Kier molecular flexibility index (Phi) is 0.208. The zero-order valence-electron chi connectivity index (χ0n) is 9.91. The fourth-order valence-electron chi connectivity index (χ4n) is 17.6. The first kappa shape index (κ1) is 6.47. The monoisotopic (exact) mass is 320 g/mol. The third kappa shape index (κ3) is 0.0592. The van der Waals surface area contributed by atoms with Gasteiger partial charge in [-0.25, -0.2) is 0 Å². The average molecular weight is 319 g/mol. The SMILES string of the molecule is CCP(CC)[C]12[CH]3[CH]4[CH]5[CH]1[Ru]45321678[CH]2[CH]1[CH]6[CH]7[CH]28. The molecule has 0 aromatic rings. The molecule has 0 bridgehead atoms. The molecule has 10 aliphatic heterocycles. The van der Waals surface area contributed by atoms with Crippen LogP contribution in [-0.4, -0.2) is 16.1 Å². The molecular weight excluding hydrogens is 300 g/mol. The van der Waals surface area contributed by atoms with Crippen LogP contribution in [0.5, 0.6) is 0 Å². The standard InChI is InChI=1S/C9H14P.C5H5.Ru/c1-3-10(4-2)9-7-5-6-8-9;1-2-4-5-3-1;/h5-8H,3-4H2,1-2H3;1-5H;. The molecule has 0 nitrogen and oxygen atoms in total. The Labute approximate surface area is 86.0 Å². The van der Waals surface area contributed by atoms with Crippen LogP contribution >= 0.6 is 7.92 Å². The minimum atomic E-state index is -2.91. The molecule has 10 fully saturated rings. The van der Waals surface area contributed by atoms with Gasteiger partial charge in [-0.15, -0.1) is 0 Å². The summed E-state index contributed by atoms with van der Waals surface area (Å²) >= 11 is 0. The van der Waals surface area contributed by atoms with Gasteiger partial charge in [-0.1, -0.05) is 0 Å². The first-order valence-electron chi connectivity index (χ1n) is 7.53. The van der Waals surface area contributed by atoms with E-state index in [1.165, 1.54) is 3.75 Å². The molecule has 16 heavy (non-hydrogen) atoms. The number of hydrogen-bond donors (Lipinski definition) is 0. The van der Waals surface area contributed by atoms with Crippen molar-refractivity contribution in [1.82, 2.24) is 0 Å². The van der Waals surface area contributed by atoms with Crippen LogP contribution in [0.3, 0.4) is 0 Å². The summed E-state index contributed by atoms with van der Waals surface area (Å²) in [5, 5.41) is 0. The van der Waals surface area contributed by atoms with Crippen molar-refractivity contribution < 1.29 is 7.72 Å². The Morgan fingerprint density at radius 2 is 1.25 bits per heavy atom. The molecule has 0 aromatic carbocycles. The Morgan fingerprint density at radius 1 is 0.812 bits per heavy atom. The second kappa shape index (κ2) is 0.515. The normalized spacial score (nSPS) is 126. The van der Waals surface area contributed by atoms with Crippen molar-refractivity contribution in [3.05, 3.63) is 0 Å². The van der Waals surface area contributed by atoms with Crippen LogP contribution < -0.4 is 0 Å². The summed E-state index contributed by atoms with van der Waals surface area (Å²) < 4.78 is 15.6. The third-order valence-corrected chi connectivity index (χ3v) is 92.1. The van der Waals surface area contributed by atoms with Crippen LogP contribution in [0.4, 0.5) is 0 Å². The van der Waals surface area contributed by atoms with E-state index in [1.807, 2.05) is 0 Å². The molecule has 10 aliphatic rings. The van der Waals surface area contributed by atoms with E-state index < -0.39 is 7.72 Å². The quantitative estimate of drug-likeness (QED) is 0.517. The van der Waals surface area contributed by atoms with Crippen LogP contribution in [0.1, 0.15) is 13.8 Å². The molecule has 10 saturated heterocycles. The van der Waals surface area contributed by atoms with E-state index in [4.69, 9.17) is 0 Å². The van der Waals surface area contributed by atoms with Gasteiger partial charge < -0.3 is 0 Å². The molecule has 10 heterocycles. The molecule has 4 atom stereocenters. The number of rotatable bonds is 3. The molecular formula is C14H19PRu. The number of fused-ring (bicyclic) bond motifs is 10. The van der Waals surface area contributed by atoms with E-state index in [0.717, 1.165) is 0 Å². The second-order valence-corrected chi connectivity index (χ2v) is 51.6. The van der Waals surface area contributed by atoms with Gasteiger partial charge >= 0.3 is 86.2 Å². The average Bonchev–Trinajstić information content (AvgIpc) is 3.25. The molecule has 1 spiro atoms. The van der Waals surface area contributed by atoms with E-state index in [9.17, 15) is 0 Å². The fourth-order valence-corrected chi connectivity index (χ4v) is 173. The Balaban J connectivity index is 1.66. The molecule has 0 aliphatic carbocycles. The zero-order valence-corrected chi connectivity index (χ0v) is 12.5. The van der Waals surface area contributed by atoms with Crippen molar-refractivity contribution in [2.24, 2.45) is 0 Å². The molecule has 0 aromatic heterocycles. The van der Waals surface area contributed by atoms with Crippen molar-refractivity contribution in [3.63, 3.8) is 0 Å². The van der Waals surface area contributed by atoms with E-state index in [2.05, 4.69) is 13.8 Å². The summed E-state index contributed by atoms with van der Waals surface area (Å²) in [7, 11) is -2.37. The van der Waals surface area contributed by atoms with Crippen molar-refractivity contribution in [2.75, 3.05) is 12.3 Å². The van der Waals surface area contributed by atoms with Crippen LogP contribution in [0.2, 0.25) is 40.6 Å². The maximum absolute atomic E-state index is 2.91. The van der Waals surface area contributed by atoms with Gasteiger partial charge in [-0.05, 0) is 0 Å². The number of hydrogen-bond acceptors (Lipinski definition) is 0. The van der Waals surface area contributed by atoms with Crippen molar-refractivity contribution in [2.45, 2.75) is 58.2 Å². The van der Waals surface area contributed by atoms with Crippen molar-refractivity contribution >= 4 is 7.92 Å². The van der Waals surface area contributed by atoms with E-state index in [0.29, 0.717) is 7.92 Å². The van der Waals surface area contributed by atoms with Gasteiger partial charge in [0.2, 0.25) is 0 Å². The zero-order chi connectivity index (χ0) is 10.0. The predicted octanol–water partition coefficient (Wildman–Crippen LogP) is 4.81. The maximum atomic E-state index is 2.56. The van der Waals surface area contributed by atoms with Crippen LogP contribution in [0.15, 0.2) is 0 Å². The summed E-state index contributed by atoms with van der Waals surface area (Å²) in [6.45, 7) is 5.12. The molecule has 4 unspecified atom stereocenters. The molecule has 0 saturated carbocycles. The van der Waals surface area contributed by atoms with Gasteiger partial charge in [0.05, 0.1) is 0 Å².